The summed E-state index contributed by atoms with van der Waals surface area (Å²) < 4.78 is 40.5. The van der Waals surface area contributed by atoms with E-state index >= 15 is 0 Å². The summed E-state index contributed by atoms with van der Waals surface area (Å²) in [6, 6.07) is 1.83. The molecule has 0 aliphatic heterocycles. The van der Waals surface area contributed by atoms with Crippen LogP contribution in [0.3, 0.4) is 0 Å². The molecule has 1 aromatic heterocycles. The Morgan fingerprint density at radius 2 is 2.20 bits per heavy atom. The average Bonchev–Trinajstić information content (AvgIpc) is 2.52. The van der Waals surface area contributed by atoms with Gasteiger partial charge in [-0.15, -0.1) is 11.3 Å². The minimum absolute atomic E-state index is 0.0530. The van der Waals surface area contributed by atoms with Gasteiger partial charge in [0.15, 0.2) is 0 Å². The fraction of sp³-hybridized carbons (Fsp3) is 0.556. The van der Waals surface area contributed by atoms with Crippen molar-refractivity contribution in [2.24, 2.45) is 5.73 Å². The Hall–Kier alpha value is -0.590. The number of halogens is 3. The first-order valence-electron chi connectivity index (χ1n) is 4.36. The van der Waals surface area contributed by atoms with E-state index in [4.69, 9.17) is 10.5 Å². The summed E-state index contributed by atoms with van der Waals surface area (Å²) >= 11 is 1.36. The monoisotopic (exact) mass is 239 g/mol. The molecule has 1 aromatic rings. The molecule has 2 N–H and O–H groups in total. The first-order chi connectivity index (χ1) is 6.94. The zero-order valence-corrected chi connectivity index (χ0v) is 8.99. The largest absolute Gasteiger partial charge is 0.411 e. The lowest BCUT2D eigenvalue weighted by Gasteiger charge is -2.16. The number of alkyl halides is 3. The lowest BCUT2D eigenvalue weighted by molar-refractivity contribution is -0.184. The average molecular weight is 239 g/mol. The summed E-state index contributed by atoms with van der Waals surface area (Å²) in [6.07, 6.45) is -4.97. The molecule has 1 rings (SSSR count). The number of rotatable bonds is 4. The van der Waals surface area contributed by atoms with Crippen LogP contribution >= 0.6 is 11.3 Å². The third-order valence-corrected chi connectivity index (χ3v) is 2.97. The molecular formula is C9H12F3NOS. The molecule has 0 aromatic carbocycles. The van der Waals surface area contributed by atoms with Crippen LogP contribution in [0.25, 0.3) is 0 Å². The molecule has 15 heavy (non-hydrogen) atoms. The van der Waals surface area contributed by atoms with Crippen molar-refractivity contribution in [3.63, 3.8) is 0 Å². The van der Waals surface area contributed by atoms with E-state index in [1.54, 1.807) is 0 Å². The molecule has 0 saturated heterocycles. The van der Waals surface area contributed by atoms with Gasteiger partial charge >= 0.3 is 6.18 Å². The number of thiophene rings is 1. The van der Waals surface area contributed by atoms with Crippen molar-refractivity contribution in [3.8, 4) is 0 Å². The second kappa shape index (κ2) is 4.96. The predicted molar refractivity (Wildman–Crippen MR) is 52.9 cm³/mol. The van der Waals surface area contributed by atoms with Crippen molar-refractivity contribution in [1.82, 2.24) is 0 Å². The molecular weight excluding hydrogens is 227 g/mol. The molecule has 0 aliphatic rings. The van der Waals surface area contributed by atoms with Gasteiger partial charge < -0.3 is 10.5 Å². The van der Waals surface area contributed by atoms with Crippen LogP contribution in [-0.2, 0) is 4.74 Å². The minimum Gasteiger partial charge on any atom is -0.362 e. The lowest BCUT2D eigenvalue weighted by atomic mass is 10.2. The third kappa shape index (κ3) is 3.81. The van der Waals surface area contributed by atoms with Crippen LogP contribution in [0.1, 0.15) is 16.5 Å². The van der Waals surface area contributed by atoms with Gasteiger partial charge in [0.05, 0.1) is 0 Å². The quantitative estimate of drug-likeness (QED) is 0.876. The highest BCUT2D eigenvalue weighted by atomic mass is 32.1. The van der Waals surface area contributed by atoms with E-state index in [0.717, 1.165) is 10.4 Å². The summed E-state index contributed by atoms with van der Waals surface area (Å²) in [6.45, 7) is 0.620. The molecule has 1 atom stereocenters. The van der Waals surface area contributed by atoms with Gasteiger partial charge in [-0.05, 0) is 23.9 Å². The van der Waals surface area contributed by atoms with E-state index in [1.807, 2.05) is 18.4 Å². The molecule has 86 valence electrons. The molecule has 2 nitrogen and oxygen atoms in total. The van der Waals surface area contributed by atoms with Crippen LogP contribution < -0.4 is 5.73 Å². The number of hydrogen-bond donors (Lipinski definition) is 1. The van der Waals surface area contributed by atoms with Crippen LogP contribution in [0, 0.1) is 6.92 Å². The van der Waals surface area contributed by atoms with E-state index in [9.17, 15) is 13.2 Å². The van der Waals surface area contributed by atoms with E-state index in [0.29, 0.717) is 0 Å². The summed E-state index contributed by atoms with van der Waals surface area (Å²) in [5.41, 5.74) is 6.29. The van der Waals surface area contributed by atoms with Gasteiger partial charge in [-0.2, -0.15) is 13.2 Å². The standard InChI is InChI=1S/C9H12F3NOS/c1-6-2-3-15-8(6)7(4-13)14-5-9(10,11)12/h2-3,7H,4-5,13H2,1H3. The number of ether oxygens (including phenoxy) is 1. The zero-order chi connectivity index (χ0) is 11.5. The van der Waals surface area contributed by atoms with E-state index in [2.05, 4.69) is 0 Å². The van der Waals surface area contributed by atoms with Gasteiger partial charge in [-0.1, -0.05) is 0 Å². The highest BCUT2D eigenvalue weighted by Crippen LogP contribution is 2.27. The smallest absolute Gasteiger partial charge is 0.362 e. The van der Waals surface area contributed by atoms with Crippen LogP contribution in [0.2, 0.25) is 0 Å². The Labute approximate surface area is 89.8 Å². The van der Waals surface area contributed by atoms with Crippen molar-refractivity contribution < 1.29 is 17.9 Å². The van der Waals surface area contributed by atoms with Crippen molar-refractivity contribution in [2.75, 3.05) is 13.2 Å². The fourth-order valence-corrected chi connectivity index (χ4v) is 2.15. The van der Waals surface area contributed by atoms with E-state index < -0.39 is 18.9 Å². The van der Waals surface area contributed by atoms with Gasteiger partial charge in [0.1, 0.15) is 12.7 Å². The lowest BCUT2D eigenvalue weighted by Crippen LogP contribution is -2.23. The Morgan fingerprint density at radius 1 is 1.53 bits per heavy atom. The summed E-state index contributed by atoms with van der Waals surface area (Å²) in [7, 11) is 0. The van der Waals surface area contributed by atoms with Crippen LogP contribution in [-0.4, -0.2) is 19.3 Å². The Bertz CT molecular complexity index is 311. The number of hydrogen-bond acceptors (Lipinski definition) is 3. The summed E-state index contributed by atoms with van der Waals surface area (Å²) in [4.78, 5) is 0.766. The molecule has 0 radical (unpaired) electrons. The maximum Gasteiger partial charge on any atom is 0.411 e. The third-order valence-electron chi connectivity index (χ3n) is 1.86. The Balaban J connectivity index is 2.61. The maximum atomic E-state index is 11.9. The summed E-state index contributed by atoms with van der Waals surface area (Å²) in [5.74, 6) is 0. The van der Waals surface area contributed by atoms with Gasteiger partial charge in [0.2, 0.25) is 0 Å². The predicted octanol–water partition coefficient (Wildman–Crippen LogP) is 2.64. The summed E-state index contributed by atoms with van der Waals surface area (Å²) in [5, 5.41) is 1.81. The minimum atomic E-state index is -4.31. The van der Waals surface area contributed by atoms with Crippen LogP contribution in [0.5, 0.6) is 0 Å². The van der Waals surface area contributed by atoms with Gasteiger partial charge in [-0.25, -0.2) is 0 Å². The van der Waals surface area contributed by atoms with Crippen LogP contribution in [0.4, 0.5) is 13.2 Å². The number of aryl methyl sites for hydroxylation is 1. The maximum absolute atomic E-state index is 11.9. The molecule has 1 heterocycles. The van der Waals surface area contributed by atoms with E-state index in [-0.39, 0.29) is 6.54 Å². The molecule has 0 amide bonds. The topological polar surface area (TPSA) is 35.2 Å². The van der Waals surface area contributed by atoms with Crippen molar-refractivity contribution in [2.45, 2.75) is 19.2 Å². The van der Waals surface area contributed by atoms with Crippen molar-refractivity contribution in [1.29, 1.82) is 0 Å². The van der Waals surface area contributed by atoms with Gasteiger partial charge in [-0.3, -0.25) is 0 Å². The first-order valence-corrected chi connectivity index (χ1v) is 5.24. The SMILES string of the molecule is Cc1ccsc1C(CN)OCC(F)(F)F. The van der Waals surface area contributed by atoms with Gasteiger partial charge in [0, 0.05) is 11.4 Å². The highest BCUT2D eigenvalue weighted by molar-refractivity contribution is 7.10. The second-order valence-corrected chi connectivity index (χ2v) is 4.07. The first kappa shape index (κ1) is 12.5. The van der Waals surface area contributed by atoms with Crippen molar-refractivity contribution in [3.05, 3.63) is 21.9 Å². The molecule has 0 bridgehead atoms. The molecule has 0 aliphatic carbocycles. The van der Waals surface area contributed by atoms with E-state index in [1.165, 1.54) is 11.3 Å². The van der Waals surface area contributed by atoms with Crippen molar-refractivity contribution >= 4 is 11.3 Å². The highest BCUT2D eigenvalue weighted by Gasteiger charge is 2.29. The second-order valence-electron chi connectivity index (χ2n) is 3.12. The van der Waals surface area contributed by atoms with Gasteiger partial charge in [0.25, 0.3) is 0 Å². The Morgan fingerprint density at radius 3 is 2.60 bits per heavy atom. The fourth-order valence-electron chi connectivity index (χ4n) is 1.16. The number of nitrogens with two attached hydrogens (primary N) is 1. The zero-order valence-electron chi connectivity index (χ0n) is 8.17. The van der Waals surface area contributed by atoms with Crippen LogP contribution in [0.15, 0.2) is 11.4 Å². The normalized spacial score (nSPS) is 14.2. The molecule has 1 unspecified atom stereocenters. The molecule has 0 fully saturated rings. The molecule has 6 heteroatoms. The molecule has 0 spiro atoms. The Kier molecular flexibility index (Phi) is 4.12. The molecule has 0 saturated carbocycles.